The molecule has 1 fully saturated rings. The van der Waals surface area contributed by atoms with Crippen molar-refractivity contribution in [1.82, 2.24) is 9.78 Å². The van der Waals surface area contributed by atoms with Crippen molar-refractivity contribution in [2.24, 2.45) is 0 Å². The molecule has 0 spiro atoms. The fraction of sp³-hybridized carbons (Fsp3) is 0.667. The van der Waals surface area contributed by atoms with Crippen LogP contribution in [-0.4, -0.2) is 42.8 Å². The third kappa shape index (κ3) is 3.56. The molecule has 19 heavy (non-hydrogen) atoms. The number of nitrogens with zero attached hydrogens (tertiary/aromatic N) is 2. The van der Waals surface area contributed by atoms with Gasteiger partial charge in [-0.25, -0.2) is 13.2 Å². The molecule has 0 saturated heterocycles. The van der Waals surface area contributed by atoms with Crippen molar-refractivity contribution >= 4 is 15.8 Å². The molecule has 6 nitrogen and oxygen atoms in total. The lowest BCUT2D eigenvalue weighted by molar-refractivity contribution is 0.0525. The van der Waals surface area contributed by atoms with E-state index in [-0.39, 0.29) is 18.3 Å². The summed E-state index contributed by atoms with van der Waals surface area (Å²) in [5.41, 5.74) is 1.29. The van der Waals surface area contributed by atoms with Crippen LogP contribution in [0.3, 0.4) is 0 Å². The van der Waals surface area contributed by atoms with Crippen molar-refractivity contribution in [2.45, 2.75) is 32.2 Å². The molecule has 2 rings (SSSR count). The summed E-state index contributed by atoms with van der Waals surface area (Å²) < 4.78 is 29.0. The Kier molecular flexibility index (Phi) is 3.93. The molecule has 0 bridgehead atoms. The number of sulfone groups is 1. The van der Waals surface area contributed by atoms with E-state index in [1.54, 1.807) is 11.6 Å². The molecule has 1 aromatic rings. The monoisotopic (exact) mass is 286 g/mol. The highest BCUT2D eigenvalue weighted by Gasteiger charge is 2.33. The molecule has 0 unspecified atom stereocenters. The zero-order valence-electron chi connectivity index (χ0n) is 11.1. The average Bonchev–Trinajstić information content (AvgIpc) is 3.05. The molecule has 1 aliphatic carbocycles. The van der Waals surface area contributed by atoms with Crippen LogP contribution in [-0.2, 0) is 21.1 Å². The molecule has 0 amide bonds. The van der Waals surface area contributed by atoms with Crippen molar-refractivity contribution in [2.75, 3.05) is 18.6 Å². The van der Waals surface area contributed by atoms with Crippen LogP contribution in [0.1, 0.15) is 41.7 Å². The Morgan fingerprint density at radius 2 is 2.21 bits per heavy atom. The van der Waals surface area contributed by atoms with Crippen LogP contribution >= 0.6 is 0 Å². The minimum atomic E-state index is -3.04. The van der Waals surface area contributed by atoms with E-state index in [0.717, 1.165) is 18.5 Å². The maximum atomic E-state index is 11.8. The minimum absolute atomic E-state index is 0.0245. The van der Waals surface area contributed by atoms with Crippen LogP contribution in [0.5, 0.6) is 0 Å². The highest BCUT2D eigenvalue weighted by molar-refractivity contribution is 7.90. The van der Waals surface area contributed by atoms with Crippen LogP contribution < -0.4 is 0 Å². The Hall–Kier alpha value is -1.37. The molecule has 1 saturated carbocycles. The van der Waals surface area contributed by atoms with E-state index in [9.17, 15) is 13.2 Å². The van der Waals surface area contributed by atoms with E-state index >= 15 is 0 Å². The van der Waals surface area contributed by atoms with E-state index in [0.29, 0.717) is 18.1 Å². The standard InChI is InChI=1S/C12H18N2O4S/c1-3-18-12(15)10-8-13-14(6-7-19(2,16)17)11(10)9-4-5-9/h8-9H,3-7H2,1-2H3. The van der Waals surface area contributed by atoms with Gasteiger partial charge in [0.25, 0.3) is 0 Å². The van der Waals surface area contributed by atoms with Crippen LogP contribution in [0.15, 0.2) is 6.20 Å². The van der Waals surface area contributed by atoms with Crippen molar-refractivity contribution in [3.63, 3.8) is 0 Å². The number of aryl methyl sites for hydroxylation is 1. The first-order valence-corrected chi connectivity index (χ1v) is 8.39. The Balaban J connectivity index is 2.22. The molecule has 1 aromatic heterocycles. The number of rotatable bonds is 6. The van der Waals surface area contributed by atoms with Gasteiger partial charge in [-0.05, 0) is 19.8 Å². The number of esters is 1. The molecule has 0 N–H and O–H groups in total. The molecule has 0 radical (unpaired) electrons. The minimum Gasteiger partial charge on any atom is -0.462 e. The largest absolute Gasteiger partial charge is 0.462 e. The summed E-state index contributed by atoms with van der Waals surface area (Å²) in [4.78, 5) is 11.8. The summed E-state index contributed by atoms with van der Waals surface area (Å²) >= 11 is 0. The van der Waals surface area contributed by atoms with Gasteiger partial charge in [-0.3, -0.25) is 4.68 Å². The summed E-state index contributed by atoms with van der Waals surface area (Å²) in [5.74, 6) is -0.0482. The van der Waals surface area contributed by atoms with E-state index in [1.165, 1.54) is 12.5 Å². The zero-order chi connectivity index (χ0) is 14.0. The molecular weight excluding hydrogens is 268 g/mol. The van der Waals surface area contributed by atoms with Crippen LogP contribution in [0.2, 0.25) is 0 Å². The second-order valence-corrected chi connectivity index (χ2v) is 7.05. The lowest BCUT2D eigenvalue weighted by Gasteiger charge is -2.08. The number of aromatic nitrogens is 2. The van der Waals surface area contributed by atoms with Gasteiger partial charge in [0.2, 0.25) is 0 Å². The van der Waals surface area contributed by atoms with E-state index in [2.05, 4.69) is 5.10 Å². The number of ether oxygens (including phenoxy) is 1. The van der Waals surface area contributed by atoms with Gasteiger partial charge < -0.3 is 4.74 Å². The smallest absolute Gasteiger partial charge is 0.341 e. The van der Waals surface area contributed by atoms with E-state index < -0.39 is 9.84 Å². The van der Waals surface area contributed by atoms with Gasteiger partial charge >= 0.3 is 5.97 Å². The van der Waals surface area contributed by atoms with E-state index in [4.69, 9.17) is 4.74 Å². The molecular formula is C12H18N2O4S. The lowest BCUT2D eigenvalue weighted by atomic mass is 10.2. The second kappa shape index (κ2) is 5.32. The van der Waals surface area contributed by atoms with Crippen LogP contribution in [0.4, 0.5) is 0 Å². The molecule has 0 atom stereocenters. The fourth-order valence-electron chi connectivity index (χ4n) is 1.98. The molecule has 7 heteroatoms. The van der Waals surface area contributed by atoms with Crippen molar-refractivity contribution < 1.29 is 17.9 Å². The number of hydrogen-bond donors (Lipinski definition) is 0. The SMILES string of the molecule is CCOC(=O)c1cnn(CCS(C)(=O)=O)c1C1CC1. The van der Waals surface area contributed by atoms with Gasteiger partial charge in [0.05, 0.1) is 30.8 Å². The normalized spacial score (nSPS) is 15.5. The molecule has 0 aliphatic heterocycles. The molecule has 106 valence electrons. The molecule has 1 heterocycles. The number of carbonyl (C=O) groups is 1. The van der Waals surface area contributed by atoms with E-state index in [1.807, 2.05) is 0 Å². The summed E-state index contributed by atoms with van der Waals surface area (Å²) in [6.45, 7) is 2.35. The lowest BCUT2D eigenvalue weighted by Crippen LogP contribution is -2.15. The predicted octanol–water partition coefficient (Wildman–Crippen LogP) is 0.982. The highest BCUT2D eigenvalue weighted by Crippen LogP contribution is 2.41. The van der Waals surface area contributed by atoms with Gasteiger partial charge in [-0.1, -0.05) is 0 Å². The highest BCUT2D eigenvalue weighted by atomic mass is 32.2. The summed E-state index contributed by atoms with van der Waals surface area (Å²) in [5, 5.41) is 4.14. The topological polar surface area (TPSA) is 78.3 Å². The predicted molar refractivity (Wildman–Crippen MR) is 69.9 cm³/mol. The Morgan fingerprint density at radius 3 is 2.74 bits per heavy atom. The average molecular weight is 286 g/mol. The van der Waals surface area contributed by atoms with Gasteiger partial charge in [-0.2, -0.15) is 5.10 Å². The van der Waals surface area contributed by atoms with Crippen LogP contribution in [0, 0.1) is 0 Å². The summed E-state index contributed by atoms with van der Waals surface area (Å²) in [6, 6.07) is 0. The molecule has 1 aliphatic rings. The van der Waals surface area contributed by atoms with Gasteiger partial charge in [0.1, 0.15) is 15.4 Å². The third-order valence-electron chi connectivity index (χ3n) is 3.01. The van der Waals surface area contributed by atoms with Crippen molar-refractivity contribution in [3.8, 4) is 0 Å². The first kappa shape index (κ1) is 14.0. The number of hydrogen-bond acceptors (Lipinski definition) is 5. The fourth-order valence-corrected chi connectivity index (χ4v) is 2.48. The third-order valence-corrected chi connectivity index (χ3v) is 3.94. The zero-order valence-corrected chi connectivity index (χ0v) is 11.9. The maximum Gasteiger partial charge on any atom is 0.341 e. The van der Waals surface area contributed by atoms with Gasteiger partial charge in [0.15, 0.2) is 0 Å². The van der Waals surface area contributed by atoms with Crippen LogP contribution in [0.25, 0.3) is 0 Å². The second-order valence-electron chi connectivity index (χ2n) is 4.79. The summed E-state index contributed by atoms with van der Waals surface area (Å²) in [6.07, 6.45) is 4.70. The first-order valence-electron chi connectivity index (χ1n) is 6.33. The van der Waals surface area contributed by atoms with Gasteiger partial charge in [-0.15, -0.1) is 0 Å². The van der Waals surface area contributed by atoms with Crippen molar-refractivity contribution in [1.29, 1.82) is 0 Å². The quantitative estimate of drug-likeness (QED) is 0.728. The summed E-state index contributed by atoms with van der Waals surface area (Å²) in [7, 11) is -3.04. The van der Waals surface area contributed by atoms with Crippen molar-refractivity contribution in [3.05, 3.63) is 17.5 Å². The Bertz CT molecular complexity index is 573. The van der Waals surface area contributed by atoms with Gasteiger partial charge in [0, 0.05) is 12.2 Å². The molecule has 0 aromatic carbocycles. The maximum absolute atomic E-state index is 11.8. The first-order chi connectivity index (χ1) is 8.92. The number of carbonyl (C=O) groups excluding carboxylic acids is 1. The Labute approximate surface area is 112 Å². The Morgan fingerprint density at radius 1 is 1.53 bits per heavy atom.